The third-order valence-corrected chi connectivity index (χ3v) is 5.24. The van der Waals surface area contributed by atoms with Gasteiger partial charge in [0.05, 0.1) is 6.21 Å². The highest BCUT2D eigenvalue weighted by atomic mass is 19.1. The molecule has 3 N–H and O–H groups in total. The number of anilines is 1. The summed E-state index contributed by atoms with van der Waals surface area (Å²) in [5.41, 5.74) is 10.4. The SMILES string of the molecule is Nc1nonc1-n1nnc(C(=O)NN=Cc2ccc(OCc3ccccc3F)cc2)c1-c1ccccc1. The average Bonchev–Trinajstić information content (AvgIpc) is 3.55. The molecule has 184 valence electrons. The zero-order valence-corrected chi connectivity index (χ0v) is 19.2. The number of halogens is 1. The smallest absolute Gasteiger partial charge is 0.294 e. The number of amides is 1. The predicted molar refractivity (Wildman–Crippen MR) is 131 cm³/mol. The summed E-state index contributed by atoms with van der Waals surface area (Å²) in [6.45, 7) is 0.108. The summed E-state index contributed by atoms with van der Waals surface area (Å²) >= 11 is 0. The summed E-state index contributed by atoms with van der Waals surface area (Å²) < 4.78 is 25.3. The molecule has 0 bridgehead atoms. The van der Waals surface area contributed by atoms with Crippen molar-refractivity contribution >= 4 is 17.9 Å². The van der Waals surface area contributed by atoms with E-state index in [0.717, 1.165) is 0 Å². The summed E-state index contributed by atoms with van der Waals surface area (Å²) in [5.74, 6) is -0.255. The van der Waals surface area contributed by atoms with Crippen LogP contribution in [0.2, 0.25) is 0 Å². The molecule has 0 saturated carbocycles. The Labute approximate surface area is 209 Å². The minimum atomic E-state index is -0.596. The second-order valence-electron chi connectivity index (χ2n) is 7.69. The summed E-state index contributed by atoms with van der Waals surface area (Å²) in [5, 5.41) is 19.3. The van der Waals surface area contributed by atoms with Gasteiger partial charge in [-0.25, -0.2) is 14.4 Å². The number of hydrogen-bond donors (Lipinski definition) is 2. The van der Waals surface area contributed by atoms with E-state index in [1.807, 2.05) is 6.07 Å². The Hall–Kier alpha value is -5.39. The van der Waals surface area contributed by atoms with Gasteiger partial charge in [-0.2, -0.15) is 9.78 Å². The highest BCUT2D eigenvalue weighted by Crippen LogP contribution is 2.26. The number of hydrazone groups is 1. The van der Waals surface area contributed by atoms with Crippen molar-refractivity contribution in [3.63, 3.8) is 0 Å². The van der Waals surface area contributed by atoms with E-state index in [9.17, 15) is 9.18 Å². The van der Waals surface area contributed by atoms with Crippen LogP contribution in [0.3, 0.4) is 0 Å². The number of carbonyl (C=O) groups is 1. The number of rotatable bonds is 8. The lowest BCUT2D eigenvalue weighted by atomic mass is 10.1. The van der Waals surface area contributed by atoms with Crippen LogP contribution in [0.25, 0.3) is 17.1 Å². The number of nitrogens with two attached hydrogens (primary N) is 1. The van der Waals surface area contributed by atoms with Crippen molar-refractivity contribution < 1.29 is 18.6 Å². The Kier molecular flexibility index (Phi) is 6.61. The van der Waals surface area contributed by atoms with Crippen LogP contribution in [0.15, 0.2) is 88.6 Å². The molecule has 0 spiro atoms. The highest BCUT2D eigenvalue weighted by Gasteiger charge is 2.25. The number of hydrogen-bond acceptors (Lipinski definition) is 9. The first-order valence-electron chi connectivity index (χ1n) is 11.0. The van der Waals surface area contributed by atoms with Gasteiger partial charge in [0.2, 0.25) is 11.6 Å². The van der Waals surface area contributed by atoms with E-state index in [0.29, 0.717) is 28.1 Å². The number of nitrogen functional groups attached to an aromatic ring is 1. The molecule has 0 radical (unpaired) electrons. The molecule has 1 amide bonds. The molecule has 2 heterocycles. The van der Waals surface area contributed by atoms with Gasteiger partial charge < -0.3 is 10.5 Å². The maximum absolute atomic E-state index is 13.7. The van der Waals surface area contributed by atoms with Gasteiger partial charge in [0.25, 0.3) is 5.91 Å². The van der Waals surface area contributed by atoms with Gasteiger partial charge in [-0.15, -0.1) is 5.10 Å². The van der Waals surface area contributed by atoms with E-state index in [1.165, 1.54) is 17.0 Å². The molecule has 11 nitrogen and oxygen atoms in total. The van der Waals surface area contributed by atoms with Crippen molar-refractivity contribution in [1.29, 1.82) is 0 Å². The molecular weight excluding hydrogens is 479 g/mol. The highest BCUT2D eigenvalue weighted by molar-refractivity contribution is 5.98. The number of benzene rings is 3. The zero-order chi connectivity index (χ0) is 25.6. The van der Waals surface area contributed by atoms with Gasteiger partial charge in [-0.3, -0.25) is 4.79 Å². The van der Waals surface area contributed by atoms with Crippen molar-refractivity contribution in [3.05, 3.63) is 102 Å². The molecule has 12 heteroatoms. The lowest BCUT2D eigenvalue weighted by Gasteiger charge is -2.07. The van der Waals surface area contributed by atoms with E-state index < -0.39 is 5.91 Å². The Balaban J connectivity index is 1.28. The molecule has 0 unspecified atom stereocenters. The fourth-order valence-electron chi connectivity index (χ4n) is 3.42. The quantitative estimate of drug-likeness (QED) is 0.245. The van der Waals surface area contributed by atoms with E-state index >= 15 is 0 Å². The first-order chi connectivity index (χ1) is 18.1. The number of nitrogens with zero attached hydrogens (tertiary/aromatic N) is 6. The fourth-order valence-corrected chi connectivity index (χ4v) is 3.42. The fraction of sp³-hybridized carbons (Fsp3) is 0.0400. The summed E-state index contributed by atoms with van der Waals surface area (Å²) in [6.07, 6.45) is 1.46. The zero-order valence-electron chi connectivity index (χ0n) is 19.2. The van der Waals surface area contributed by atoms with Crippen LogP contribution < -0.4 is 15.9 Å². The van der Waals surface area contributed by atoms with E-state index in [2.05, 4.69) is 35.8 Å². The van der Waals surface area contributed by atoms with Crippen LogP contribution in [0.5, 0.6) is 5.75 Å². The Bertz CT molecular complexity index is 1550. The monoisotopic (exact) mass is 498 g/mol. The molecule has 0 fully saturated rings. The third kappa shape index (κ3) is 5.17. The van der Waals surface area contributed by atoms with Crippen LogP contribution in [0.1, 0.15) is 21.6 Å². The number of aromatic nitrogens is 5. The van der Waals surface area contributed by atoms with Gasteiger partial charge in [0, 0.05) is 11.1 Å². The summed E-state index contributed by atoms with van der Waals surface area (Å²) in [6, 6.07) is 22.4. The summed E-state index contributed by atoms with van der Waals surface area (Å²) in [4.78, 5) is 12.9. The lowest BCUT2D eigenvalue weighted by Crippen LogP contribution is -2.19. The molecule has 0 atom stereocenters. The van der Waals surface area contributed by atoms with Crippen LogP contribution in [0.4, 0.5) is 10.2 Å². The van der Waals surface area contributed by atoms with Crippen molar-refractivity contribution in [2.75, 3.05) is 5.73 Å². The maximum atomic E-state index is 13.7. The van der Waals surface area contributed by atoms with Crippen molar-refractivity contribution in [2.45, 2.75) is 6.61 Å². The minimum absolute atomic E-state index is 0.00245. The topological polar surface area (TPSA) is 146 Å². The Morgan fingerprint density at radius 2 is 1.81 bits per heavy atom. The molecule has 2 aromatic heterocycles. The molecule has 37 heavy (non-hydrogen) atoms. The standard InChI is InChI=1S/C25H19FN8O3/c26-20-9-5-4-8-18(20)15-36-19-12-10-16(11-13-19)14-28-30-25(35)21-22(17-6-2-1-3-7-17)34(33-29-21)24-23(27)31-37-32-24/h1-14H,15H2,(H2,27,31)(H,30,35). The van der Waals surface area contributed by atoms with Gasteiger partial charge >= 0.3 is 0 Å². The normalized spacial score (nSPS) is 11.1. The van der Waals surface area contributed by atoms with Crippen molar-refractivity contribution in [2.24, 2.45) is 5.10 Å². The van der Waals surface area contributed by atoms with Gasteiger partial charge in [0.15, 0.2) is 5.69 Å². The van der Waals surface area contributed by atoms with Crippen LogP contribution in [-0.2, 0) is 6.61 Å². The molecule has 5 rings (SSSR count). The molecule has 3 aromatic carbocycles. The third-order valence-electron chi connectivity index (χ3n) is 5.24. The van der Waals surface area contributed by atoms with E-state index in [4.69, 9.17) is 10.5 Å². The minimum Gasteiger partial charge on any atom is -0.489 e. The number of ether oxygens (including phenoxy) is 1. The van der Waals surface area contributed by atoms with Gasteiger partial charge in [-0.05, 0) is 46.2 Å². The first kappa shape index (κ1) is 23.4. The van der Waals surface area contributed by atoms with Crippen molar-refractivity contribution in [3.8, 4) is 22.8 Å². The number of carbonyl (C=O) groups excluding carboxylic acids is 1. The molecule has 0 aliphatic rings. The largest absolute Gasteiger partial charge is 0.489 e. The second kappa shape index (κ2) is 10.5. The molecule has 0 saturated heterocycles. The Morgan fingerprint density at radius 1 is 1.05 bits per heavy atom. The van der Waals surface area contributed by atoms with Gasteiger partial charge in [-0.1, -0.05) is 53.7 Å². The maximum Gasteiger partial charge on any atom is 0.294 e. The molecule has 0 aliphatic carbocycles. The number of nitrogens with one attached hydrogen (secondary N) is 1. The van der Waals surface area contributed by atoms with Crippen LogP contribution in [0, 0.1) is 5.82 Å². The van der Waals surface area contributed by atoms with Crippen LogP contribution in [-0.4, -0.2) is 37.4 Å². The van der Waals surface area contributed by atoms with Crippen molar-refractivity contribution in [1.82, 2.24) is 30.7 Å². The molecule has 5 aromatic rings. The molecule has 0 aliphatic heterocycles. The molecular formula is C25H19FN8O3. The lowest BCUT2D eigenvalue weighted by molar-refractivity contribution is 0.0950. The van der Waals surface area contributed by atoms with Crippen LogP contribution >= 0.6 is 0 Å². The second-order valence-corrected chi connectivity index (χ2v) is 7.69. The van der Waals surface area contributed by atoms with E-state index in [-0.39, 0.29) is 29.8 Å². The Morgan fingerprint density at radius 3 is 2.54 bits per heavy atom. The average molecular weight is 498 g/mol. The first-order valence-corrected chi connectivity index (χ1v) is 11.0. The summed E-state index contributed by atoms with van der Waals surface area (Å²) in [7, 11) is 0. The van der Waals surface area contributed by atoms with E-state index in [1.54, 1.807) is 66.7 Å². The van der Waals surface area contributed by atoms with Gasteiger partial charge in [0.1, 0.15) is 23.9 Å². The predicted octanol–water partition coefficient (Wildman–Crippen LogP) is 3.38.